The second kappa shape index (κ2) is 12.1. The number of nitrogens with one attached hydrogen (secondary N) is 4. The standard InChI is InChI=1S/C21H26IN5O3/c1-3-27(4-2)12-11-23-20(29)15-5-7-16(8-6-15)25-21(30)26-17-9-10-18(22)19(13-17)24-14-28/h5-10,13-14H,3-4,11-12H2,1-2H3,(H,23,29)(H,24,28)(H2,25,26,30). The highest BCUT2D eigenvalue weighted by Crippen LogP contribution is 2.22. The highest BCUT2D eigenvalue weighted by Gasteiger charge is 2.08. The first kappa shape index (κ1) is 23.6. The highest BCUT2D eigenvalue weighted by molar-refractivity contribution is 14.1. The van der Waals surface area contributed by atoms with Gasteiger partial charge in [-0.3, -0.25) is 9.59 Å². The smallest absolute Gasteiger partial charge is 0.323 e. The number of carbonyl (C=O) groups excluding carboxylic acids is 3. The Morgan fingerprint density at radius 3 is 2.27 bits per heavy atom. The molecule has 0 aromatic heterocycles. The van der Waals surface area contributed by atoms with Crippen molar-refractivity contribution in [1.82, 2.24) is 10.2 Å². The summed E-state index contributed by atoms with van der Waals surface area (Å²) in [5, 5.41) is 10.9. The zero-order valence-corrected chi connectivity index (χ0v) is 19.2. The van der Waals surface area contributed by atoms with E-state index in [1.807, 2.05) is 0 Å². The van der Waals surface area contributed by atoms with E-state index in [9.17, 15) is 14.4 Å². The predicted molar refractivity (Wildman–Crippen MR) is 128 cm³/mol. The second-order valence-electron chi connectivity index (χ2n) is 6.40. The molecule has 160 valence electrons. The molecule has 0 atom stereocenters. The summed E-state index contributed by atoms with van der Waals surface area (Å²) in [4.78, 5) is 37.3. The van der Waals surface area contributed by atoms with Gasteiger partial charge in [-0.15, -0.1) is 0 Å². The number of likely N-dealkylation sites (N-methyl/N-ethyl adjacent to an activating group) is 1. The Kier molecular flexibility index (Phi) is 9.55. The van der Waals surface area contributed by atoms with Gasteiger partial charge in [-0.05, 0) is 78.1 Å². The lowest BCUT2D eigenvalue weighted by atomic mass is 10.2. The number of anilines is 3. The minimum Gasteiger partial charge on any atom is -0.351 e. The zero-order valence-electron chi connectivity index (χ0n) is 17.0. The average Bonchev–Trinajstić information content (AvgIpc) is 2.74. The van der Waals surface area contributed by atoms with Gasteiger partial charge in [0, 0.05) is 33.6 Å². The van der Waals surface area contributed by atoms with Crippen LogP contribution in [0.5, 0.6) is 0 Å². The van der Waals surface area contributed by atoms with Gasteiger partial charge in [-0.2, -0.15) is 0 Å². The number of halogens is 1. The first-order valence-electron chi connectivity index (χ1n) is 9.65. The number of carbonyl (C=O) groups is 3. The summed E-state index contributed by atoms with van der Waals surface area (Å²) in [7, 11) is 0. The summed E-state index contributed by atoms with van der Waals surface area (Å²) in [5.41, 5.74) is 2.24. The molecule has 0 heterocycles. The fourth-order valence-electron chi connectivity index (χ4n) is 2.74. The minimum atomic E-state index is -0.426. The monoisotopic (exact) mass is 523 g/mol. The van der Waals surface area contributed by atoms with E-state index in [0.29, 0.717) is 35.6 Å². The van der Waals surface area contributed by atoms with Crippen LogP contribution in [0.3, 0.4) is 0 Å². The van der Waals surface area contributed by atoms with Gasteiger partial charge < -0.3 is 26.2 Å². The van der Waals surface area contributed by atoms with Crippen molar-refractivity contribution >= 4 is 58.0 Å². The third kappa shape index (κ3) is 7.30. The van der Waals surface area contributed by atoms with Gasteiger partial charge in [-0.1, -0.05) is 13.8 Å². The van der Waals surface area contributed by atoms with E-state index in [1.54, 1.807) is 42.5 Å². The topological polar surface area (TPSA) is 103 Å². The molecule has 0 aliphatic carbocycles. The number of rotatable bonds is 10. The Hall–Kier alpha value is -2.66. The molecule has 4 N–H and O–H groups in total. The van der Waals surface area contributed by atoms with Crippen molar-refractivity contribution in [2.75, 3.05) is 42.1 Å². The molecular formula is C21H26IN5O3. The molecule has 8 nitrogen and oxygen atoms in total. The number of urea groups is 1. The molecule has 0 spiro atoms. The molecule has 2 rings (SSSR count). The maximum atomic E-state index is 12.2. The van der Waals surface area contributed by atoms with Gasteiger partial charge in [0.1, 0.15) is 0 Å². The van der Waals surface area contributed by atoms with Crippen molar-refractivity contribution < 1.29 is 14.4 Å². The van der Waals surface area contributed by atoms with E-state index in [2.05, 4.69) is 62.6 Å². The van der Waals surface area contributed by atoms with Crippen molar-refractivity contribution in [3.05, 3.63) is 51.6 Å². The van der Waals surface area contributed by atoms with E-state index in [1.165, 1.54) is 0 Å². The third-order valence-electron chi connectivity index (χ3n) is 4.45. The first-order chi connectivity index (χ1) is 14.5. The Bertz CT molecular complexity index is 869. The number of amides is 4. The van der Waals surface area contributed by atoms with E-state index in [-0.39, 0.29) is 5.91 Å². The van der Waals surface area contributed by atoms with Gasteiger partial charge in [0.15, 0.2) is 0 Å². The Morgan fingerprint density at radius 2 is 1.63 bits per heavy atom. The van der Waals surface area contributed by atoms with E-state index in [0.717, 1.165) is 23.2 Å². The normalized spacial score (nSPS) is 10.4. The Labute approximate surface area is 189 Å². The van der Waals surface area contributed by atoms with Gasteiger partial charge >= 0.3 is 6.03 Å². The van der Waals surface area contributed by atoms with Crippen molar-refractivity contribution in [3.63, 3.8) is 0 Å². The fraction of sp³-hybridized carbons (Fsp3) is 0.286. The van der Waals surface area contributed by atoms with Crippen molar-refractivity contribution in [1.29, 1.82) is 0 Å². The van der Waals surface area contributed by atoms with Gasteiger partial charge in [0.25, 0.3) is 5.91 Å². The van der Waals surface area contributed by atoms with Crippen LogP contribution in [-0.2, 0) is 4.79 Å². The Balaban J connectivity index is 1.87. The minimum absolute atomic E-state index is 0.146. The molecule has 0 bridgehead atoms. The largest absolute Gasteiger partial charge is 0.351 e. The summed E-state index contributed by atoms with van der Waals surface area (Å²) in [6, 6.07) is 11.4. The van der Waals surface area contributed by atoms with Crippen LogP contribution in [0.4, 0.5) is 21.9 Å². The average molecular weight is 523 g/mol. The Morgan fingerprint density at radius 1 is 1.00 bits per heavy atom. The number of hydrogen-bond acceptors (Lipinski definition) is 4. The first-order valence-corrected chi connectivity index (χ1v) is 10.7. The molecule has 0 aliphatic rings. The molecule has 0 aliphatic heterocycles. The molecule has 4 amide bonds. The molecule has 0 fully saturated rings. The van der Waals surface area contributed by atoms with E-state index < -0.39 is 6.03 Å². The molecule has 2 aromatic carbocycles. The summed E-state index contributed by atoms with van der Waals surface area (Å²) < 4.78 is 0.858. The van der Waals surface area contributed by atoms with Gasteiger partial charge in [0.05, 0.1) is 5.69 Å². The fourth-order valence-corrected chi connectivity index (χ4v) is 3.24. The molecule has 0 unspecified atom stereocenters. The van der Waals surface area contributed by atoms with Crippen LogP contribution in [0, 0.1) is 3.57 Å². The molecule has 2 aromatic rings. The van der Waals surface area contributed by atoms with Crippen LogP contribution in [0.1, 0.15) is 24.2 Å². The van der Waals surface area contributed by atoms with Crippen molar-refractivity contribution in [2.45, 2.75) is 13.8 Å². The lowest BCUT2D eigenvalue weighted by Crippen LogP contribution is -2.34. The zero-order chi connectivity index (χ0) is 21.9. The van der Waals surface area contributed by atoms with Crippen LogP contribution in [0.2, 0.25) is 0 Å². The van der Waals surface area contributed by atoms with Crippen LogP contribution in [0.25, 0.3) is 0 Å². The molecule has 9 heteroatoms. The summed E-state index contributed by atoms with van der Waals surface area (Å²) in [6.07, 6.45) is 0.586. The molecule has 0 saturated carbocycles. The maximum absolute atomic E-state index is 12.2. The number of hydrogen-bond donors (Lipinski definition) is 4. The number of nitrogens with zero attached hydrogens (tertiary/aromatic N) is 1. The van der Waals surface area contributed by atoms with Crippen molar-refractivity contribution in [2.24, 2.45) is 0 Å². The van der Waals surface area contributed by atoms with Crippen LogP contribution >= 0.6 is 22.6 Å². The molecule has 0 saturated heterocycles. The van der Waals surface area contributed by atoms with E-state index in [4.69, 9.17) is 0 Å². The quantitative estimate of drug-likeness (QED) is 0.283. The summed E-state index contributed by atoms with van der Waals surface area (Å²) >= 11 is 2.09. The third-order valence-corrected chi connectivity index (χ3v) is 5.39. The number of benzene rings is 2. The highest BCUT2D eigenvalue weighted by atomic mass is 127. The maximum Gasteiger partial charge on any atom is 0.323 e. The van der Waals surface area contributed by atoms with Crippen LogP contribution < -0.4 is 21.3 Å². The summed E-state index contributed by atoms with van der Waals surface area (Å²) in [5.74, 6) is -0.146. The second-order valence-corrected chi connectivity index (χ2v) is 7.56. The van der Waals surface area contributed by atoms with Gasteiger partial charge in [0.2, 0.25) is 6.41 Å². The molecule has 0 radical (unpaired) electrons. The van der Waals surface area contributed by atoms with Crippen LogP contribution in [-0.4, -0.2) is 49.4 Å². The SMILES string of the molecule is CCN(CC)CCNC(=O)c1ccc(NC(=O)Nc2ccc(I)c(NC=O)c2)cc1. The lowest BCUT2D eigenvalue weighted by Gasteiger charge is -2.18. The van der Waals surface area contributed by atoms with E-state index >= 15 is 0 Å². The van der Waals surface area contributed by atoms with Crippen LogP contribution in [0.15, 0.2) is 42.5 Å². The summed E-state index contributed by atoms with van der Waals surface area (Å²) in [6.45, 7) is 7.47. The molecular weight excluding hydrogens is 497 g/mol. The molecule has 30 heavy (non-hydrogen) atoms. The van der Waals surface area contributed by atoms with Gasteiger partial charge in [-0.25, -0.2) is 4.79 Å². The van der Waals surface area contributed by atoms with Crippen molar-refractivity contribution in [3.8, 4) is 0 Å². The lowest BCUT2D eigenvalue weighted by molar-refractivity contribution is -0.105. The predicted octanol–water partition coefficient (Wildman–Crippen LogP) is 3.58.